The Morgan fingerprint density at radius 2 is 1.82 bits per heavy atom. The van der Waals surface area contributed by atoms with Crippen molar-refractivity contribution in [1.82, 2.24) is 10.2 Å². The Bertz CT molecular complexity index is 913. The van der Waals surface area contributed by atoms with E-state index in [1.807, 2.05) is 31.2 Å². The van der Waals surface area contributed by atoms with Gasteiger partial charge in [0.1, 0.15) is 6.04 Å². The van der Waals surface area contributed by atoms with E-state index in [-0.39, 0.29) is 17.9 Å². The average Bonchev–Trinajstić information content (AvgIpc) is 2.81. The summed E-state index contributed by atoms with van der Waals surface area (Å²) in [5, 5.41) is 3.25. The Morgan fingerprint density at radius 1 is 1.09 bits per heavy atom. The van der Waals surface area contributed by atoms with Crippen molar-refractivity contribution in [3.8, 4) is 0 Å². The summed E-state index contributed by atoms with van der Waals surface area (Å²) in [6.07, 6.45) is 6.26. The van der Waals surface area contributed by atoms with Gasteiger partial charge in [0.25, 0.3) is 0 Å². The number of carbonyl (C=O) groups is 2. The lowest BCUT2D eigenvalue weighted by Crippen LogP contribution is -2.52. The molecule has 0 saturated heterocycles. The van der Waals surface area contributed by atoms with Gasteiger partial charge in [0, 0.05) is 22.8 Å². The minimum atomic E-state index is -0.451. The van der Waals surface area contributed by atoms with Crippen LogP contribution >= 0.6 is 27.7 Å². The maximum atomic E-state index is 13.4. The first-order valence-corrected chi connectivity index (χ1v) is 13.9. The molecule has 0 aliphatic heterocycles. The molecule has 1 aliphatic carbocycles. The zero-order chi connectivity index (χ0) is 23.6. The van der Waals surface area contributed by atoms with Crippen molar-refractivity contribution in [3.63, 3.8) is 0 Å². The molecule has 0 unspecified atom stereocenters. The zero-order valence-corrected chi connectivity index (χ0v) is 22.1. The SMILES string of the molecule is CC[C@@H](C(=O)NC1CCCCC1)N(Cc1cccc(C)c1)C(=O)CSCc1ccc(Br)cc1. The molecule has 0 bridgehead atoms. The first-order valence-electron chi connectivity index (χ1n) is 11.9. The molecule has 1 fully saturated rings. The number of halogens is 1. The van der Waals surface area contributed by atoms with Gasteiger partial charge in [-0.05, 0) is 49.4 Å². The third-order valence-electron chi connectivity index (χ3n) is 6.18. The molecule has 3 rings (SSSR count). The van der Waals surface area contributed by atoms with Crippen LogP contribution in [0.2, 0.25) is 0 Å². The highest BCUT2D eigenvalue weighted by atomic mass is 79.9. The molecule has 0 heterocycles. The Balaban J connectivity index is 1.69. The largest absolute Gasteiger partial charge is 0.352 e. The van der Waals surface area contributed by atoms with Crippen LogP contribution in [0.25, 0.3) is 0 Å². The molecule has 2 amide bonds. The number of amides is 2. The van der Waals surface area contributed by atoms with Crippen molar-refractivity contribution in [2.45, 2.75) is 76.8 Å². The van der Waals surface area contributed by atoms with Crippen LogP contribution in [-0.4, -0.2) is 34.6 Å². The maximum Gasteiger partial charge on any atom is 0.243 e. The topological polar surface area (TPSA) is 49.4 Å². The molecule has 0 radical (unpaired) electrons. The van der Waals surface area contributed by atoms with Gasteiger partial charge in [-0.15, -0.1) is 11.8 Å². The van der Waals surface area contributed by atoms with Crippen molar-refractivity contribution in [1.29, 1.82) is 0 Å². The van der Waals surface area contributed by atoms with E-state index in [1.165, 1.54) is 24.8 Å². The lowest BCUT2D eigenvalue weighted by atomic mass is 9.95. The summed E-state index contributed by atoms with van der Waals surface area (Å²) < 4.78 is 1.05. The molecule has 0 aromatic heterocycles. The second kappa shape index (κ2) is 13.2. The summed E-state index contributed by atoms with van der Waals surface area (Å²) in [5.41, 5.74) is 3.40. The van der Waals surface area contributed by atoms with Gasteiger partial charge in [-0.25, -0.2) is 0 Å². The highest BCUT2D eigenvalue weighted by Gasteiger charge is 2.30. The molecular formula is C27H35BrN2O2S. The Kier molecular flexibility index (Phi) is 10.3. The zero-order valence-electron chi connectivity index (χ0n) is 19.7. The standard InChI is InChI=1S/C27H35BrN2O2S/c1-3-25(27(32)29-24-10-5-4-6-11-24)30(17-22-9-7-8-20(2)16-22)26(31)19-33-18-21-12-14-23(28)15-13-21/h7-9,12-16,24-25H,3-6,10-11,17-19H2,1-2H3,(H,29,32)/t25-/m0/s1. The van der Waals surface area contributed by atoms with E-state index in [0.717, 1.165) is 34.2 Å². The van der Waals surface area contributed by atoms with Gasteiger partial charge in [-0.2, -0.15) is 0 Å². The number of nitrogens with one attached hydrogen (secondary N) is 1. The molecule has 1 N–H and O–H groups in total. The number of benzene rings is 2. The van der Waals surface area contributed by atoms with Crippen LogP contribution in [0, 0.1) is 6.92 Å². The van der Waals surface area contributed by atoms with Crippen LogP contribution in [0.3, 0.4) is 0 Å². The van der Waals surface area contributed by atoms with Gasteiger partial charge in [0.05, 0.1) is 5.75 Å². The van der Waals surface area contributed by atoms with Crippen molar-refractivity contribution in [3.05, 3.63) is 69.7 Å². The molecule has 0 spiro atoms. The number of hydrogen-bond acceptors (Lipinski definition) is 3. The number of hydrogen-bond donors (Lipinski definition) is 1. The van der Waals surface area contributed by atoms with Crippen molar-refractivity contribution in [2.24, 2.45) is 0 Å². The smallest absolute Gasteiger partial charge is 0.243 e. The van der Waals surface area contributed by atoms with Gasteiger partial charge in [0.2, 0.25) is 11.8 Å². The summed E-state index contributed by atoms with van der Waals surface area (Å²) in [6.45, 7) is 4.50. The molecular weight excluding hydrogens is 496 g/mol. The number of nitrogens with zero attached hydrogens (tertiary/aromatic N) is 1. The van der Waals surface area contributed by atoms with Crippen molar-refractivity contribution >= 4 is 39.5 Å². The molecule has 2 aromatic carbocycles. The first-order chi connectivity index (χ1) is 16.0. The number of aryl methyl sites for hydroxylation is 1. The summed E-state index contributed by atoms with van der Waals surface area (Å²) >= 11 is 5.06. The lowest BCUT2D eigenvalue weighted by Gasteiger charge is -2.33. The normalized spacial score (nSPS) is 15.1. The molecule has 178 valence electrons. The molecule has 6 heteroatoms. The molecule has 1 atom stereocenters. The molecule has 33 heavy (non-hydrogen) atoms. The van der Waals surface area contributed by atoms with E-state index in [1.54, 1.807) is 16.7 Å². The minimum absolute atomic E-state index is 0.0108. The fourth-order valence-electron chi connectivity index (χ4n) is 4.39. The third-order valence-corrected chi connectivity index (χ3v) is 7.70. The fraction of sp³-hybridized carbons (Fsp3) is 0.481. The first kappa shape index (κ1) is 25.8. The third kappa shape index (κ3) is 8.18. The van der Waals surface area contributed by atoms with Crippen LogP contribution in [-0.2, 0) is 21.9 Å². The van der Waals surface area contributed by atoms with Gasteiger partial charge in [-0.3, -0.25) is 9.59 Å². The van der Waals surface area contributed by atoms with Crippen LogP contribution in [0.4, 0.5) is 0 Å². The summed E-state index contributed by atoms with van der Waals surface area (Å²) in [7, 11) is 0. The predicted molar refractivity (Wildman–Crippen MR) is 141 cm³/mol. The van der Waals surface area contributed by atoms with Gasteiger partial charge < -0.3 is 10.2 Å². The second-order valence-corrected chi connectivity index (χ2v) is 10.8. The van der Waals surface area contributed by atoms with Gasteiger partial charge in [-0.1, -0.05) is 84.1 Å². The highest BCUT2D eigenvalue weighted by molar-refractivity contribution is 9.10. The Morgan fingerprint density at radius 3 is 2.48 bits per heavy atom. The average molecular weight is 532 g/mol. The van der Waals surface area contributed by atoms with Crippen LogP contribution in [0.5, 0.6) is 0 Å². The number of thioether (sulfide) groups is 1. The number of rotatable bonds is 10. The quantitative estimate of drug-likeness (QED) is 0.395. The second-order valence-electron chi connectivity index (χ2n) is 8.90. The van der Waals surface area contributed by atoms with Crippen LogP contribution in [0.15, 0.2) is 53.0 Å². The number of carbonyl (C=O) groups excluding carboxylic acids is 2. The Hall–Kier alpha value is -1.79. The molecule has 4 nitrogen and oxygen atoms in total. The van der Waals surface area contributed by atoms with Gasteiger partial charge >= 0.3 is 0 Å². The Labute approximate surface area is 211 Å². The monoisotopic (exact) mass is 530 g/mol. The minimum Gasteiger partial charge on any atom is -0.352 e. The maximum absolute atomic E-state index is 13.4. The van der Waals surface area contributed by atoms with E-state index < -0.39 is 6.04 Å². The molecule has 1 saturated carbocycles. The van der Waals surface area contributed by atoms with E-state index in [0.29, 0.717) is 18.7 Å². The summed E-state index contributed by atoms with van der Waals surface area (Å²) in [6, 6.07) is 16.2. The lowest BCUT2D eigenvalue weighted by molar-refractivity contribution is -0.139. The fourth-order valence-corrected chi connectivity index (χ4v) is 5.53. The van der Waals surface area contributed by atoms with Gasteiger partial charge in [0.15, 0.2) is 0 Å². The van der Waals surface area contributed by atoms with Crippen LogP contribution < -0.4 is 5.32 Å². The van der Waals surface area contributed by atoms with Crippen molar-refractivity contribution < 1.29 is 9.59 Å². The summed E-state index contributed by atoms with van der Waals surface area (Å²) in [4.78, 5) is 28.4. The van der Waals surface area contributed by atoms with E-state index >= 15 is 0 Å². The highest BCUT2D eigenvalue weighted by Crippen LogP contribution is 2.21. The summed E-state index contributed by atoms with van der Waals surface area (Å²) in [5.74, 6) is 1.13. The van der Waals surface area contributed by atoms with E-state index in [2.05, 4.69) is 52.4 Å². The van der Waals surface area contributed by atoms with Crippen molar-refractivity contribution in [2.75, 3.05) is 5.75 Å². The molecule has 1 aliphatic rings. The molecule has 2 aromatic rings. The van der Waals surface area contributed by atoms with E-state index in [4.69, 9.17) is 0 Å². The van der Waals surface area contributed by atoms with Crippen LogP contribution in [0.1, 0.15) is 62.1 Å². The van der Waals surface area contributed by atoms with E-state index in [9.17, 15) is 9.59 Å². The predicted octanol–water partition coefficient (Wildman–Crippen LogP) is 6.25.